The minimum Gasteiger partial charge on any atom is -0.481 e. The molecular formula is C21H22N4O3S. The van der Waals surface area contributed by atoms with E-state index in [-0.39, 0.29) is 18.2 Å². The molecule has 0 bridgehead atoms. The van der Waals surface area contributed by atoms with Gasteiger partial charge >= 0.3 is 0 Å². The van der Waals surface area contributed by atoms with Crippen LogP contribution in [0.2, 0.25) is 0 Å². The summed E-state index contributed by atoms with van der Waals surface area (Å²) in [5.41, 5.74) is 1.25. The lowest BCUT2D eigenvalue weighted by molar-refractivity contribution is 0.0968. The predicted molar refractivity (Wildman–Crippen MR) is 115 cm³/mol. The Balaban J connectivity index is 1.96. The summed E-state index contributed by atoms with van der Waals surface area (Å²) in [4.78, 5) is 17.2. The number of carbonyl (C=O) groups excluding carboxylic acids is 1. The number of para-hydroxylation sites is 1. The molecule has 1 aromatic carbocycles. The Labute approximate surface area is 174 Å². The zero-order valence-electron chi connectivity index (χ0n) is 16.3. The summed E-state index contributed by atoms with van der Waals surface area (Å²) in [6.07, 6.45) is 3.62. The normalized spacial score (nSPS) is 10.4. The van der Waals surface area contributed by atoms with Crippen LogP contribution in [-0.4, -0.2) is 34.1 Å². The van der Waals surface area contributed by atoms with E-state index in [2.05, 4.69) is 16.9 Å². The van der Waals surface area contributed by atoms with Gasteiger partial charge in [0, 0.05) is 24.5 Å². The first kappa shape index (κ1) is 20.3. The number of imidazole rings is 1. The van der Waals surface area contributed by atoms with E-state index < -0.39 is 0 Å². The van der Waals surface area contributed by atoms with Crippen molar-refractivity contribution in [3.05, 3.63) is 71.7 Å². The van der Waals surface area contributed by atoms with Gasteiger partial charge in [-0.25, -0.2) is 0 Å². The fourth-order valence-electron chi connectivity index (χ4n) is 2.86. The number of anilines is 2. The molecule has 0 aliphatic rings. The van der Waals surface area contributed by atoms with Crippen molar-refractivity contribution < 1.29 is 14.3 Å². The fourth-order valence-corrected chi connectivity index (χ4v) is 3.15. The fraction of sp³-hybridized carbons (Fsp3) is 0.190. The Bertz CT molecular complexity index is 1070. The molecular weight excluding hydrogens is 388 g/mol. The van der Waals surface area contributed by atoms with Gasteiger partial charge in [-0.3, -0.25) is 9.36 Å². The van der Waals surface area contributed by atoms with Gasteiger partial charge in [0.05, 0.1) is 26.3 Å². The molecule has 2 heterocycles. The number of carbonyl (C=O) groups is 1. The summed E-state index contributed by atoms with van der Waals surface area (Å²) in [5.74, 6) is 1.11. The van der Waals surface area contributed by atoms with E-state index in [0.29, 0.717) is 28.6 Å². The summed E-state index contributed by atoms with van der Waals surface area (Å²) in [7, 11) is 2.97. The van der Waals surface area contributed by atoms with Crippen LogP contribution in [0, 0.1) is 4.77 Å². The number of ketones is 1. The number of pyridine rings is 1. The molecule has 0 saturated heterocycles. The van der Waals surface area contributed by atoms with Crippen molar-refractivity contribution in [3.8, 4) is 11.8 Å². The Morgan fingerprint density at radius 3 is 2.62 bits per heavy atom. The van der Waals surface area contributed by atoms with E-state index in [1.807, 2.05) is 41.1 Å². The summed E-state index contributed by atoms with van der Waals surface area (Å²) in [6.45, 7) is 4.34. The third-order valence-corrected chi connectivity index (χ3v) is 4.71. The third-order valence-electron chi connectivity index (χ3n) is 4.26. The van der Waals surface area contributed by atoms with E-state index in [4.69, 9.17) is 21.7 Å². The molecule has 0 amide bonds. The van der Waals surface area contributed by atoms with Gasteiger partial charge in [0.25, 0.3) is 0 Å². The van der Waals surface area contributed by atoms with Crippen molar-refractivity contribution in [2.24, 2.45) is 0 Å². The molecule has 0 spiro atoms. The standard InChI is InChI=1S/C21H22N4O3S/c1-4-12-24-14-18(22-15-8-6-5-7-9-15)25(21(24)29)13-17(26)16-10-11-19(27-2)23-20(16)28-3/h4-11,14,22H,1,12-13H2,2-3H3. The molecule has 29 heavy (non-hydrogen) atoms. The number of ether oxygens (including phenoxy) is 2. The van der Waals surface area contributed by atoms with Crippen molar-refractivity contribution in [3.63, 3.8) is 0 Å². The van der Waals surface area contributed by atoms with Crippen LogP contribution in [0.5, 0.6) is 11.8 Å². The average Bonchev–Trinajstić information content (AvgIpc) is 3.03. The Morgan fingerprint density at radius 2 is 1.97 bits per heavy atom. The van der Waals surface area contributed by atoms with Gasteiger partial charge in [-0.2, -0.15) is 4.98 Å². The first-order chi connectivity index (χ1) is 14.1. The molecule has 1 N–H and O–H groups in total. The smallest absolute Gasteiger partial charge is 0.227 e. The molecule has 0 saturated carbocycles. The maximum atomic E-state index is 13.0. The molecule has 0 aliphatic heterocycles. The molecule has 7 nitrogen and oxygen atoms in total. The number of benzene rings is 1. The zero-order chi connectivity index (χ0) is 20.8. The number of hydrogen-bond donors (Lipinski definition) is 1. The highest BCUT2D eigenvalue weighted by Gasteiger charge is 2.18. The molecule has 150 valence electrons. The minimum atomic E-state index is -0.180. The number of allylic oxidation sites excluding steroid dienone is 1. The van der Waals surface area contributed by atoms with Crippen LogP contribution in [0.4, 0.5) is 11.5 Å². The van der Waals surface area contributed by atoms with Crippen LogP contribution in [0.25, 0.3) is 0 Å². The van der Waals surface area contributed by atoms with Gasteiger partial charge in [0.1, 0.15) is 5.82 Å². The maximum absolute atomic E-state index is 13.0. The first-order valence-electron chi connectivity index (χ1n) is 8.92. The van der Waals surface area contributed by atoms with Gasteiger partial charge in [-0.1, -0.05) is 24.3 Å². The number of hydrogen-bond acceptors (Lipinski definition) is 6. The van der Waals surface area contributed by atoms with Gasteiger partial charge in [-0.15, -0.1) is 6.58 Å². The lowest BCUT2D eigenvalue weighted by atomic mass is 10.1. The van der Waals surface area contributed by atoms with Crippen LogP contribution >= 0.6 is 12.2 Å². The molecule has 0 fully saturated rings. The van der Waals surface area contributed by atoms with Gasteiger partial charge in [0.15, 0.2) is 10.6 Å². The third kappa shape index (κ3) is 4.55. The minimum absolute atomic E-state index is 0.0303. The van der Waals surface area contributed by atoms with Gasteiger partial charge < -0.3 is 19.4 Å². The van der Waals surface area contributed by atoms with Crippen molar-refractivity contribution in [2.75, 3.05) is 19.5 Å². The van der Waals surface area contributed by atoms with Crippen molar-refractivity contribution in [2.45, 2.75) is 13.1 Å². The van der Waals surface area contributed by atoms with Crippen LogP contribution in [0.15, 0.2) is 61.3 Å². The van der Waals surface area contributed by atoms with Crippen molar-refractivity contribution in [1.82, 2.24) is 14.1 Å². The van der Waals surface area contributed by atoms with E-state index in [1.165, 1.54) is 14.2 Å². The molecule has 0 aliphatic carbocycles. The molecule has 2 aromatic heterocycles. The van der Waals surface area contributed by atoms with E-state index in [1.54, 1.807) is 22.8 Å². The topological polar surface area (TPSA) is 70.3 Å². The Hall–Kier alpha value is -3.39. The van der Waals surface area contributed by atoms with E-state index in [9.17, 15) is 4.79 Å². The lowest BCUT2D eigenvalue weighted by Crippen LogP contribution is -2.14. The number of methoxy groups -OCH3 is 2. The van der Waals surface area contributed by atoms with E-state index >= 15 is 0 Å². The maximum Gasteiger partial charge on any atom is 0.227 e. The average molecular weight is 410 g/mol. The summed E-state index contributed by atoms with van der Waals surface area (Å²) in [5, 5.41) is 3.32. The number of aromatic nitrogens is 3. The molecule has 3 rings (SSSR count). The highest BCUT2D eigenvalue weighted by Crippen LogP contribution is 2.23. The number of nitrogens with one attached hydrogen (secondary N) is 1. The van der Waals surface area contributed by atoms with Crippen LogP contribution in [0.1, 0.15) is 10.4 Å². The van der Waals surface area contributed by atoms with Gasteiger partial charge in [0.2, 0.25) is 11.8 Å². The predicted octanol–water partition coefficient (Wildman–Crippen LogP) is 4.24. The summed E-state index contributed by atoms with van der Waals surface area (Å²) >= 11 is 5.58. The number of rotatable bonds is 9. The van der Waals surface area contributed by atoms with Crippen molar-refractivity contribution >= 4 is 29.5 Å². The second kappa shape index (κ2) is 9.20. The largest absolute Gasteiger partial charge is 0.481 e. The Morgan fingerprint density at radius 1 is 1.21 bits per heavy atom. The lowest BCUT2D eigenvalue weighted by Gasteiger charge is -2.12. The number of nitrogens with zero attached hydrogens (tertiary/aromatic N) is 3. The monoisotopic (exact) mass is 410 g/mol. The molecule has 3 aromatic rings. The summed E-state index contributed by atoms with van der Waals surface area (Å²) in [6, 6.07) is 12.9. The molecule has 0 atom stereocenters. The molecule has 8 heteroatoms. The summed E-state index contributed by atoms with van der Waals surface area (Å²) < 4.78 is 14.5. The highest BCUT2D eigenvalue weighted by molar-refractivity contribution is 7.71. The number of Topliss-reactive ketones (excluding diaryl/α,β-unsaturated/α-hetero) is 1. The zero-order valence-corrected chi connectivity index (χ0v) is 17.1. The van der Waals surface area contributed by atoms with Crippen LogP contribution < -0.4 is 14.8 Å². The molecule has 0 unspecified atom stereocenters. The highest BCUT2D eigenvalue weighted by atomic mass is 32.1. The van der Waals surface area contributed by atoms with Crippen LogP contribution in [0.3, 0.4) is 0 Å². The Kier molecular flexibility index (Phi) is 6.46. The SMILES string of the molecule is C=CCn1cc(Nc2ccccc2)n(CC(=O)c2ccc(OC)nc2OC)c1=S. The first-order valence-corrected chi connectivity index (χ1v) is 9.33. The van der Waals surface area contributed by atoms with E-state index in [0.717, 1.165) is 5.69 Å². The second-order valence-electron chi connectivity index (χ2n) is 6.15. The second-order valence-corrected chi connectivity index (χ2v) is 6.51. The quantitative estimate of drug-likeness (QED) is 0.323. The van der Waals surface area contributed by atoms with Crippen molar-refractivity contribution in [1.29, 1.82) is 0 Å². The van der Waals surface area contributed by atoms with Crippen LogP contribution in [-0.2, 0) is 13.1 Å². The van der Waals surface area contributed by atoms with Gasteiger partial charge in [-0.05, 0) is 30.4 Å². The molecule has 0 radical (unpaired) electrons.